The Morgan fingerprint density at radius 1 is 0.700 bits per heavy atom. The Bertz CT molecular complexity index is 1130. The second kappa shape index (κ2) is 17.2. The van der Waals surface area contributed by atoms with Gasteiger partial charge in [0.1, 0.15) is 6.61 Å². The van der Waals surface area contributed by atoms with Crippen LogP contribution in [-0.2, 0) is 43.6 Å². The number of esters is 1. The highest BCUT2D eigenvalue weighted by molar-refractivity contribution is 5.81. The molecule has 0 fully saturated rings. The van der Waals surface area contributed by atoms with Crippen LogP contribution in [0, 0.1) is 0 Å². The normalized spacial score (nSPS) is 14.1. The van der Waals surface area contributed by atoms with Crippen molar-refractivity contribution in [1.29, 1.82) is 0 Å². The molecule has 0 aliphatic carbocycles. The molecule has 4 unspecified atom stereocenters. The molecule has 3 aromatic rings. The van der Waals surface area contributed by atoms with E-state index in [1.54, 1.807) is 0 Å². The highest BCUT2D eigenvalue weighted by Crippen LogP contribution is 2.12. The summed E-state index contributed by atoms with van der Waals surface area (Å²) in [7, 11) is 0. The summed E-state index contributed by atoms with van der Waals surface area (Å²) in [5.74, 6) is -1.01. The van der Waals surface area contributed by atoms with E-state index in [9.17, 15) is 19.8 Å². The van der Waals surface area contributed by atoms with Crippen LogP contribution in [0.4, 0.5) is 0 Å². The quantitative estimate of drug-likeness (QED) is 0.148. The number of carbonyl (C=O) groups is 2. The van der Waals surface area contributed by atoms with Crippen molar-refractivity contribution in [2.24, 2.45) is 5.73 Å². The molecule has 5 N–H and O–H groups in total. The number of nitrogens with two attached hydrogens (primary N) is 1. The number of aliphatic hydroxyl groups is 2. The monoisotopic (exact) mass is 550 g/mol. The first-order valence-electron chi connectivity index (χ1n) is 13.3. The first-order chi connectivity index (χ1) is 19.4. The van der Waals surface area contributed by atoms with Crippen molar-refractivity contribution in [3.63, 3.8) is 0 Å². The lowest BCUT2D eigenvalue weighted by Gasteiger charge is -2.26. The lowest BCUT2D eigenvalue weighted by molar-refractivity contribution is -0.150. The number of aliphatic hydroxyl groups excluding tert-OH is 2. The average Bonchev–Trinajstić information content (AvgIpc) is 3.00. The van der Waals surface area contributed by atoms with Gasteiger partial charge in [0, 0.05) is 12.8 Å². The molecule has 0 spiro atoms. The van der Waals surface area contributed by atoms with Gasteiger partial charge in [-0.15, -0.1) is 0 Å². The summed E-state index contributed by atoms with van der Waals surface area (Å²) in [5.41, 5.74) is 8.67. The summed E-state index contributed by atoms with van der Waals surface area (Å²) in [6.07, 6.45) is -2.16. The maximum Gasteiger partial charge on any atom is 0.306 e. The Balaban J connectivity index is 1.49. The second-order valence-electron chi connectivity index (χ2n) is 9.42. The minimum atomic E-state index is -1.39. The zero-order chi connectivity index (χ0) is 28.6. The van der Waals surface area contributed by atoms with Gasteiger partial charge in [0.2, 0.25) is 5.91 Å². The van der Waals surface area contributed by atoms with Crippen molar-refractivity contribution in [1.82, 2.24) is 5.32 Å². The van der Waals surface area contributed by atoms with Crippen LogP contribution in [-0.4, -0.2) is 46.8 Å². The molecule has 214 valence electrons. The highest BCUT2D eigenvalue weighted by Gasteiger charge is 2.26. The molecule has 40 heavy (non-hydrogen) atoms. The average molecular weight is 551 g/mol. The third kappa shape index (κ3) is 11.6. The Kier molecular flexibility index (Phi) is 13.3. The van der Waals surface area contributed by atoms with Crippen LogP contribution in [0.3, 0.4) is 0 Å². The minimum Gasteiger partial charge on any atom is -0.461 e. The first-order valence-corrected chi connectivity index (χ1v) is 13.3. The van der Waals surface area contributed by atoms with Crippen molar-refractivity contribution in [3.05, 3.63) is 108 Å². The minimum absolute atomic E-state index is 0.0508. The van der Waals surface area contributed by atoms with Crippen molar-refractivity contribution in [3.8, 4) is 0 Å². The van der Waals surface area contributed by atoms with E-state index in [-0.39, 0.29) is 45.5 Å². The van der Waals surface area contributed by atoms with Crippen LogP contribution in [0.25, 0.3) is 0 Å². The van der Waals surface area contributed by atoms with E-state index >= 15 is 0 Å². The molecule has 9 nitrogen and oxygen atoms in total. The lowest BCUT2D eigenvalue weighted by atomic mass is 10.1. The van der Waals surface area contributed by atoms with E-state index in [0.29, 0.717) is 0 Å². The van der Waals surface area contributed by atoms with Gasteiger partial charge in [-0.2, -0.15) is 0 Å². The Morgan fingerprint density at radius 3 is 1.75 bits per heavy atom. The van der Waals surface area contributed by atoms with Gasteiger partial charge >= 0.3 is 5.97 Å². The molecule has 0 saturated carbocycles. The Labute approximate surface area is 234 Å². The summed E-state index contributed by atoms with van der Waals surface area (Å²) < 4.78 is 16.3. The van der Waals surface area contributed by atoms with E-state index in [2.05, 4.69) is 5.32 Å². The SMILES string of the molecule is NC(CCC(O)OCc1ccccc1)C(=O)NC(CCC(=O)OCc1ccccc1)C(O)OCc1ccccc1. The molecule has 0 bridgehead atoms. The molecule has 1 amide bonds. The zero-order valence-electron chi connectivity index (χ0n) is 22.4. The number of rotatable bonds is 17. The molecule has 9 heteroatoms. The molecular formula is C31H38N2O7. The smallest absolute Gasteiger partial charge is 0.306 e. The first kappa shape index (κ1) is 30.9. The number of hydrogen-bond donors (Lipinski definition) is 4. The van der Waals surface area contributed by atoms with Gasteiger partial charge in [-0.1, -0.05) is 91.0 Å². The van der Waals surface area contributed by atoms with Crippen LogP contribution >= 0.6 is 0 Å². The van der Waals surface area contributed by atoms with Crippen LogP contribution < -0.4 is 11.1 Å². The molecular weight excluding hydrogens is 512 g/mol. The van der Waals surface area contributed by atoms with Crippen molar-refractivity contribution in [2.75, 3.05) is 0 Å². The number of amides is 1. The molecule has 0 heterocycles. The van der Waals surface area contributed by atoms with Crippen LogP contribution in [0.2, 0.25) is 0 Å². The molecule has 0 aliphatic heterocycles. The molecule has 4 atom stereocenters. The fourth-order valence-electron chi connectivity index (χ4n) is 3.83. The molecule has 0 saturated heterocycles. The van der Waals surface area contributed by atoms with E-state index in [0.717, 1.165) is 16.7 Å². The van der Waals surface area contributed by atoms with E-state index in [1.165, 1.54) is 0 Å². The second-order valence-corrected chi connectivity index (χ2v) is 9.42. The summed E-state index contributed by atoms with van der Waals surface area (Å²) in [6.45, 7) is 0.476. The summed E-state index contributed by atoms with van der Waals surface area (Å²) in [6, 6.07) is 26.1. The molecule has 0 aromatic heterocycles. The zero-order valence-corrected chi connectivity index (χ0v) is 22.4. The predicted octanol–water partition coefficient (Wildman–Crippen LogP) is 3.17. The van der Waals surface area contributed by atoms with Gasteiger partial charge < -0.3 is 35.5 Å². The van der Waals surface area contributed by atoms with E-state index < -0.39 is 36.5 Å². The van der Waals surface area contributed by atoms with Gasteiger partial charge in [0.05, 0.1) is 25.3 Å². The molecule has 3 rings (SSSR count). The fraction of sp³-hybridized carbons (Fsp3) is 0.355. The third-order valence-electron chi connectivity index (χ3n) is 6.18. The third-order valence-corrected chi connectivity index (χ3v) is 6.18. The number of hydrogen-bond acceptors (Lipinski definition) is 8. The summed E-state index contributed by atoms with van der Waals surface area (Å²) >= 11 is 0. The maximum absolute atomic E-state index is 12.8. The number of nitrogens with one attached hydrogen (secondary N) is 1. The number of benzene rings is 3. The number of carbonyl (C=O) groups excluding carboxylic acids is 2. The Hall–Kier alpha value is -3.60. The fourth-order valence-corrected chi connectivity index (χ4v) is 3.83. The van der Waals surface area contributed by atoms with Gasteiger partial charge in [0.25, 0.3) is 0 Å². The topological polar surface area (TPSA) is 140 Å². The number of ether oxygens (including phenoxy) is 3. The summed E-state index contributed by atoms with van der Waals surface area (Å²) in [4.78, 5) is 25.2. The molecule has 3 aromatic carbocycles. The largest absolute Gasteiger partial charge is 0.461 e. The van der Waals surface area contributed by atoms with E-state index in [4.69, 9.17) is 19.9 Å². The molecule has 0 radical (unpaired) electrons. The maximum atomic E-state index is 12.8. The standard InChI is InChI=1S/C31H38N2O7/c32-26(16-18-28(34)38-20-23-10-4-1-5-11-23)30(36)33-27(31(37)40-22-25-14-8-3-9-15-25)17-19-29(35)39-21-24-12-6-2-7-13-24/h1-15,26-28,31,34,37H,16-22,32H2,(H,33,36). The van der Waals surface area contributed by atoms with Crippen molar-refractivity contribution >= 4 is 11.9 Å². The van der Waals surface area contributed by atoms with Crippen LogP contribution in [0.15, 0.2) is 91.0 Å². The van der Waals surface area contributed by atoms with E-state index in [1.807, 2.05) is 91.0 Å². The summed E-state index contributed by atoms with van der Waals surface area (Å²) in [5, 5.41) is 23.6. The van der Waals surface area contributed by atoms with Gasteiger partial charge in [-0.3, -0.25) is 9.59 Å². The van der Waals surface area contributed by atoms with Crippen LogP contribution in [0.5, 0.6) is 0 Å². The van der Waals surface area contributed by atoms with Crippen molar-refractivity contribution < 1.29 is 34.0 Å². The lowest BCUT2D eigenvalue weighted by Crippen LogP contribution is -2.50. The van der Waals surface area contributed by atoms with Crippen molar-refractivity contribution in [2.45, 2.75) is 70.2 Å². The predicted molar refractivity (Wildman–Crippen MR) is 149 cm³/mol. The highest BCUT2D eigenvalue weighted by atomic mass is 16.6. The molecule has 0 aliphatic rings. The van der Waals surface area contributed by atoms with Crippen LogP contribution in [0.1, 0.15) is 42.4 Å². The Morgan fingerprint density at radius 2 is 1.20 bits per heavy atom. The van der Waals surface area contributed by atoms with Gasteiger partial charge in [0.15, 0.2) is 12.6 Å². The van der Waals surface area contributed by atoms with Gasteiger partial charge in [-0.05, 0) is 29.5 Å². The van der Waals surface area contributed by atoms with Gasteiger partial charge in [-0.25, -0.2) is 0 Å².